The van der Waals surface area contributed by atoms with Crippen LogP contribution in [0.1, 0.15) is 31.0 Å². The minimum atomic E-state index is 0.158. The second-order valence-corrected chi connectivity index (χ2v) is 4.27. The van der Waals surface area contributed by atoms with E-state index in [4.69, 9.17) is 4.52 Å². The van der Waals surface area contributed by atoms with Gasteiger partial charge in [-0.15, -0.1) is 5.10 Å². The van der Waals surface area contributed by atoms with Gasteiger partial charge in [-0.05, 0) is 12.8 Å². The molecule has 1 unspecified atom stereocenters. The highest BCUT2D eigenvalue weighted by atomic mass is 16.5. The van der Waals surface area contributed by atoms with Crippen LogP contribution >= 0.6 is 0 Å². The van der Waals surface area contributed by atoms with Crippen LogP contribution in [0.4, 0.5) is 0 Å². The van der Waals surface area contributed by atoms with Crippen LogP contribution < -0.4 is 5.32 Å². The summed E-state index contributed by atoms with van der Waals surface area (Å²) >= 11 is 0. The van der Waals surface area contributed by atoms with Crippen molar-refractivity contribution in [3.8, 4) is 11.3 Å². The van der Waals surface area contributed by atoms with E-state index in [2.05, 4.69) is 15.7 Å². The monoisotopic (exact) mass is 228 g/mol. The lowest BCUT2D eigenvalue weighted by atomic mass is 9.99. The summed E-state index contributed by atoms with van der Waals surface area (Å²) in [7, 11) is 0. The van der Waals surface area contributed by atoms with Crippen LogP contribution in [-0.2, 0) is 0 Å². The van der Waals surface area contributed by atoms with E-state index in [1.807, 2.05) is 30.3 Å². The summed E-state index contributed by atoms with van der Waals surface area (Å²) in [5.74, 6) is 0.765. The Morgan fingerprint density at radius 2 is 2.00 bits per heavy atom. The van der Waals surface area contributed by atoms with Crippen molar-refractivity contribution in [2.45, 2.75) is 25.3 Å². The number of hydrogen-bond acceptors (Lipinski definition) is 3. The Hall–Kier alpha value is -1.68. The lowest BCUT2D eigenvalue weighted by Crippen LogP contribution is -2.21. The molecule has 17 heavy (non-hydrogen) atoms. The van der Waals surface area contributed by atoms with Crippen molar-refractivity contribution in [1.29, 1.82) is 0 Å². The number of aromatic nitrogens is 2. The second-order valence-electron chi connectivity index (χ2n) is 4.27. The van der Waals surface area contributed by atoms with Crippen LogP contribution in [0.2, 0.25) is 0 Å². The Kier molecular flexibility index (Phi) is 2.88. The SMILES string of the molecule is c1ccc(-c2onnc2C2CCCC[N]2)cc1. The van der Waals surface area contributed by atoms with Gasteiger partial charge in [0.05, 0.1) is 6.04 Å². The molecule has 1 aromatic heterocycles. The highest BCUT2D eigenvalue weighted by Gasteiger charge is 2.24. The number of benzene rings is 1. The summed E-state index contributed by atoms with van der Waals surface area (Å²) in [6, 6.07) is 10.1. The van der Waals surface area contributed by atoms with Crippen molar-refractivity contribution in [2.75, 3.05) is 6.54 Å². The first-order valence-corrected chi connectivity index (χ1v) is 5.99. The Morgan fingerprint density at radius 1 is 1.12 bits per heavy atom. The molecule has 1 radical (unpaired) electrons. The van der Waals surface area contributed by atoms with E-state index in [0.29, 0.717) is 0 Å². The van der Waals surface area contributed by atoms with Gasteiger partial charge in [0.2, 0.25) is 0 Å². The van der Waals surface area contributed by atoms with Crippen molar-refractivity contribution < 1.29 is 4.52 Å². The maximum atomic E-state index is 5.28. The molecular formula is C13H14N3O. The van der Waals surface area contributed by atoms with Gasteiger partial charge in [-0.25, -0.2) is 5.32 Å². The highest BCUT2D eigenvalue weighted by Crippen LogP contribution is 2.31. The van der Waals surface area contributed by atoms with Gasteiger partial charge in [0.15, 0.2) is 5.76 Å². The average molecular weight is 228 g/mol. The van der Waals surface area contributed by atoms with Crippen molar-refractivity contribution in [3.63, 3.8) is 0 Å². The van der Waals surface area contributed by atoms with E-state index in [9.17, 15) is 0 Å². The zero-order valence-electron chi connectivity index (χ0n) is 9.54. The molecule has 0 bridgehead atoms. The summed E-state index contributed by atoms with van der Waals surface area (Å²) in [6.07, 6.45) is 3.44. The van der Waals surface area contributed by atoms with Crippen molar-refractivity contribution in [2.24, 2.45) is 0 Å². The van der Waals surface area contributed by atoms with Gasteiger partial charge in [-0.2, -0.15) is 0 Å². The minimum Gasteiger partial charge on any atom is -0.337 e. The maximum Gasteiger partial charge on any atom is 0.192 e. The molecule has 3 rings (SSSR count). The fraction of sp³-hybridized carbons (Fsp3) is 0.385. The smallest absolute Gasteiger partial charge is 0.192 e. The van der Waals surface area contributed by atoms with Gasteiger partial charge in [0.1, 0.15) is 5.69 Å². The second kappa shape index (κ2) is 4.67. The van der Waals surface area contributed by atoms with Crippen LogP contribution in [0.15, 0.2) is 34.9 Å². The van der Waals surface area contributed by atoms with Gasteiger partial charge in [0, 0.05) is 17.4 Å². The maximum absolute atomic E-state index is 5.28. The van der Waals surface area contributed by atoms with Crippen molar-refractivity contribution >= 4 is 0 Å². The lowest BCUT2D eigenvalue weighted by molar-refractivity contribution is 0.397. The number of nitrogens with zero attached hydrogens (tertiary/aromatic N) is 3. The van der Waals surface area contributed by atoms with Crippen LogP contribution in [0.25, 0.3) is 11.3 Å². The van der Waals surface area contributed by atoms with E-state index in [1.165, 1.54) is 12.8 Å². The fourth-order valence-electron chi connectivity index (χ4n) is 2.22. The fourth-order valence-corrected chi connectivity index (χ4v) is 2.22. The molecule has 1 atom stereocenters. The average Bonchev–Trinajstić information content (AvgIpc) is 2.90. The molecule has 0 spiro atoms. The van der Waals surface area contributed by atoms with Gasteiger partial charge < -0.3 is 4.52 Å². The third kappa shape index (κ3) is 2.08. The first-order chi connectivity index (χ1) is 8.45. The molecule has 87 valence electrons. The molecular weight excluding hydrogens is 214 g/mol. The molecule has 0 saturated carbocycles. The normalized spacial score (nSPS) is 20.4. The van der Waals surface area contributed by atoms with E-state index >= 15 is 0 Å². The molecule has 1 saturated heterocycles. The van der Waals surface area contributed by atoms with Crippen LogP contribution in [-0.4, -0.2) is 16.9 Å². The Labute approximate surface area is 100 Å². The molecule has 1 fully saturated rings. The quantitative estimate of drug-likeness (QED) is 0.793. The molecule has 2 heterocycles. The summed E-state index contributed by atoms with van der Waals surface area (Å²) in [6.45, 7) is 0.922. The number of rotatable bonds is 2. The minimum absolute atomic E-state index is 0.158. The molecule has 1 aliphatic heterocycles. The van der Waals surface area contributed by atoms with Crippen molar-refractivity contribution in [1.82, 2.24) is 15.7 Å². The van der Waals surface area contributed by atoms with E-state index in [0.717, 1.165) is 30.0 Å². The topological polar surface area (TPSA) is 53.0 Å². The predicted molar refractivity (Wildman–Crippen MR) is 63.3 cm³/mol. The molecule has 1 aliphatic rings. The summed E-state index contributed by atoms with van der Waals surface area (Å²) in [5.41, 5.74) is 1.91. The van der Waals surface area contributed by atoms with Crippen LogP contribution in [0, 0.1) is 0 Å². The van der Waals surface area contributed by atoms with Crippen LogP contribution in [0.5, 0.6) is 0 Å². The first-order valence-electron chi connectivity index (χ1n) is 5.99. The number of piperidine rings is 1. The lowest BCUT2D eigenvalue weighted by Gasteiger charge is -2.19. The van der Waals surface area contributed by atoms with E-state index in [1.54, 1.807) is 0 Å². The zero-order chi connectivity index (χ0) is 11.5. The summed E-state index contributed by atoms with van der Waals surface area (Å²) in [5, 5.41) is 12.4. The Morgan fingerprint density at radius 3 is 2.76 bits per heavy atom. The van der Waals surface area contributed by atoms with Gasteiger partial charge in [-0.1, -0.05) is 36.8 Å². The van der Waals surface area contributed by atoms with Crippen LogP contribution in [0.3, 0.4) is 0 Å². The first kappa shape index (κ1) is 10.5. The molecule has 0 amide bonds. The molecule has 4 nitrogen and oxygen atoms in total. The third-order valence-electron chi connectivity index (χ3n) is 3.10. The summed E-state index contributed by atoms with van der Waals surface area (Å²) < 4.78 is 5.28. The van der Waals surface area contributed by atoms with Crippen molar-refractivity contribution in [3.05, 3.63) is 36.0 Å². The van der Waals surface area contributed by atoms with E-state index in [-0.39, 0.29) is 6.04 Å². The molecule has 0 N–H and O–H groups in total. The van der Waals surface area contributed by atoms with Gasteiger partial charge in [0.25, 0.3) is 0 Å². The Balaban J connectivity index is 1.93. The molecule has 0 aliphatic carbocycles. The largest absolute Gasteiger partial charge is 0.337 e. The third-order valence-corrected chi connectivity index (χ3v) is 3.10. The zero-order valence-corrected chi connectivity index (χ0v) is 9.54. The van der Waals surface area contributed by atoms with Gasteiger partial charge in [-0.3, -0.25) is 0 Å². The molecule has 1 aromatic carbocycles. The predicted octanol–water partition coefficient (Wildman–Crippen LogP) is 2.57. The van der Waals surface area contributed by atoms with E-state index < -0.39 is 0 Å². The Bertz CT molecular complexity index is 474. The standard InChI is InChI=1S/C13H14N3O/c1-2-6-10(7-3-1)13-12(15-16-17-13)11-8-4-5-9-14-11/h1-3,6-7,11H,4-5,8-9H2. The summed E-state index contributed by atoms with van der Waals surface area (Å²) in [4.78, 5) is 0. The number of hydrogen-bond donors (Lipinski definition) is 0. The highest BCUT2D eigenvalue weighted by molar-refractivity contribution is 5.59. The molecule has 2 aromatic rings. The van der Waals surface area contributed by atoms with Gasteiger partial charge >= 0.3 is 0 Å². The molecule has 4 heteroatoms.